The van der Waals surface area contributed by atoms with Gasteiger partial charge in [0.1, 0.15) is 10.9 Å². The summed E-state index contributed by atoms with van der Waals surface area (Å²) in [5, 5.41) is 9.32. The first-order chi connectivity index (χ1) is 13.5. The summed E-state index contributed by atoms with van der Waals surface area (Å²) in [6.07, 6.45) is 1.78. The number of carbonyl (C=O) groups is 2. The van der Waals surface area contributed by atoms with E-state index in [0.29, 0.717) is 14.9 Å². The number of aliphatic hydroxyl groups excluding tert-OH is 1. The summed E-state index contributed by atoms with van der Waals surface area (Å²) in [6.45, 7) is 1.81. The van der Waals surface area contributed by atoms with Crippen LogP contribution in [0, 0.1) is 6.92 Å². The minimum atomic E-state index is -0.298. The second kappa shape index (κ2) is 9.14. The van der Waals surface area contributed by atoms with Gasteiger partial charge >= 0.3 is 0 Å². The Morgan fingerprint density at radius 3 is 2.50 bits per heavy atom. The van der Waals surface area contributed by atoms with Crippen LogP contribution < -0.4 is 4.90 Å². The molecule has 5 nitrogen and oxygen atoms in total. The van der Waals surface area contributed by atoms with E-state index in [-0.39, 0.29) is 31.5 Å². The number of carbonyl (C=O) groups excluding carboxylic acids is 2. The third kappa shape index (κ3) is 4.67. The average molecular weight is 413 g/mol. The molecule has 0 atom stereocenters. The van der Waals surface area contributed by atoms with E-state index in [4.69, 9.17) is 12.2 Å². The third-order valence-electron chi connectivity index (χ3n) is 4.23. The highest BCUT2D eigenvalue weighted by Crippen LogP contribution is 2.32. The van der Waals surface area contributed by atoms with E-state index < -0.39 is 0 Å². The minimum absolute atomic E-state index is 0.150. The van der Waals surface area contributed by atoms with Crippen LogP contribution in [-0.4, -0.2) is 45.8 Å². The van der Waals surface area contributed by atoms with Crippen molar-refractivity contribution >= 4 is 51.9 Å². The lowest BCUT2D eigenvalue weighted by atomic mass is 10.1. The lowest BCUT2D eigenvalue weighted by molar-refractivity contribution is -0.127. The van der Waals surface area contributed by atoms with Crippen LogP contribution in [0.4, 0.5) is 5.69 Å². The summed E-state index contributed by atoms with van der Waals surface area (Å²) in [7, 11) is 0. The van der Waals surface area contributed by atoms with Gasteiger partial charge in [-0.15, -0.1) is 0 Å². The van der Waals surface area contributed by atoms with Crippen LogP contribution in [0.3, 0.4) is 0 Å². The third-order valence-corrected chi connectivity index (χ3v) is 5.61. The van der Waals surface area contributed by atoms with Crippen molar-refractivity contribution < 1.29 is 14.7 Å². The van der Waals surface area contributed by atoms with Gasteiger partial charge in [0.15, 0.2) is 0 Å². The van der Waals surface area contributed by atoms with Crippen molar-refractivity contribution in [1.82, 2.24) is 4.90 Å². The number of para-hydroxylation sites is 1. The van der Waals surface area contributed by atoms with Gasteiger partial charge in [-0.25, -0.2) is 0 Å². The molecule has 1 heterocycles. The maximum atomic E-state index is 12.8. The Morgan fingerprint density at radius 1 is 1.18 bits per heavy atom. The predicted octanol–water partition coefficient (Wildman–Crippen LogP) is 3.22. The second-order valence-electron chi connectivity index (χ2n) is 6.28. The summed E-state index contributed by atoms with van der Waals surface area (Å²) in [5.41, 5.74) is 2.71. The van der Waals surface area contributed by atoms with Crippen LogP contribution in [0.2, 0.25) is 0 Å². The van der Waals surface area contributed by atoms with E-state index >= 15 is 0 Å². The smallest absolute Gasteiger partial charge is 0.266 e. The number of hydrogen-bond donors (Lipinski definition) is 1. The zero-order valence-electron chi connectivity index (χ0n) is 15.4. The molecule has 2 amide bonds. The molecule has 2 aromatic rings. The number of aryl methyl sites for hydroxylation is 1. The molecule has 0 saturated carbocycles. The van der Waals surface area contributed by atoms with E-state index in [1.54, 1.807) is 18.2 Å². The maximum absolute atomic E-state index is 12.8. The van der Waals surface area contributed by atoms with E-state index in [9.17, 15) is 14.7 Å². The Bertz CT molecular complexity index is 911. The number of hydrogen-bond acceptors (Lipinski definition) is 5. The molecule has 3 rings (SSSR count). The van der Waals surface area contributed by atoms with Gasteiger partial charge in [0, 0.05) is 12.2 Å². The minimum Gasteiger partial charge on any atom is -0.395 e. The van der Waals surface area contributed by atoms with Crippen molar-refractivity contribution in [2.24, 2.45) is 0 Å². The molecule has 28 heavy (non-hydrogen) atoms. The van der Waals surface area contributed by atoms with Gasteiger partial charge in [0.05, 0.1) is 11.5 Å². The first-order valence-electron chi connectivity index (χ1n) is 8.78. The maximum Gasteiger partial charge on any atom is 0.266 e. The quantitative estimate of drug-likeness (QED) is 0.583. The van der Waals surface area contributed by atoms with Gasteiger partial charge in [-0.1, -0.05) is 72.0 Å². The number of anilines is 1. The number of benzene rings is 2. The summed E-state index contributed by atoms with van der Waals surface area (Å²) >= 11 is 6.52. The van der Waals surface area contributed by atoms with Crippen molar-refractivity contribution in [3.05, 3.63) is 70.6 Å². The number of nitrogens with zero attached hydrogens (tertiary/aromatic N) is 2. The fourth-order valence-corrected chi connectivity index (χ4v) is 4.03. The number of aliphatic hydroxyl groups is 1. The number of rotatable bonds is 6. The van der Waals surface area contributed by atoms with Gasteiger partial charge in [-0.3, -0.25) is 14.5 Å². The second-order valence-corrected chi connectivity index (χ2v) is 7.96. The molecule has 0 bridgehead atoms. The number of thioether (sulfide) groups is 1. The van der Waals surface area contributed by atoms with Crippen molar-refractivity contribution in [2.45, 2.75) is 6.92 Å². The highest BCUT2D eigenvalue weighted by Gasteiger charge is 2.34. The van der Waals surface area contributed by atoms with Crippen LogP contribution in [0.15, 0.2) is 59.5 Å². The molecule has 0 unspecified atom stereocenters. The molecule has 1 N–H and O–H groups in total. The summed E-state index contributed by atoms with van der Waals surface area (Å²) < 4.78 is 0.355. The monoisotopic (exact) mass is 412 g/mol. The Morgan fingerprint density at radius 2 is 1.86 bits per heavy atom. The predicted molar refractivity (Wildman–Crippen MR) is 117 cm³/mol. The van der Waals surface area contributed by atoms with E-state index in [0.717, 1.165) is 11.1 Å². The Hall–Kier alpha value is -2.48. The summed E-state index contributed by atoms with van der Waals surface area (Å²) in [5.74, 6) is -0.575. The van der Waals surface area contributed by atoms with Crippen LogP contribution in [0.25, 0.3) is 6.08 Å². The van der Waals surface area contributed by atoms with Crippen molar-refractivity contribution in [3.8, 4) is 0 Å². The van der Waals surface area contributed by atoms with E-state index in [1.807, 2.05) is 49.4 Å². The molecule has 1 aliphatic heterocycles. The highest BCUT2D eigenvalue weighted by molar-refractivity contribution is 8.26. The fourth-order valence-electron chi connectivity index (χ4n) is 2.78. The molecule has 0 spiro atoms. The van der Waals surface area contributed by atoms with Gasteiger partial charge < -0.3 is 10.0 Å². The Balaban J connectivity index is 1.76. The molecular weight excluding hydrogens is 392 g/mol. The molecule has 1 fully saturated rings. The van der Waals surface area contributed by atoms with Crippen LogP contribution in [0.1, 0.15) is 11.1 Å². The van der Waals surface area contributed by atoms with Crippen molar-refractivity contribution in [3.63, 3.8) is 0 Å². The average Bonchev–Trinajstić information content (AvgIpc) is 2.96. The Labute approximate surface area is 173 Å². The van der Waals surface area contributed by atoms with Crippen LogP contribution in [0.5, 0.6) is 0 Å². The van der Waals surface area contributed by atoms with Crippen LogP contribution >= 0.6 is 24.0 Å². The molecule has 144 valence electrons. The summed E-state index contributed by atoms with van der Waals surface area (Å²) in [6, 6.07) is 16.9. The normalized spacial score (nSPS) is 15.4. The molecule has 1 saturated heterocycles. The molecule has 2 aromatic carbocycles. The van der Waals surface area contributed by atoms with Crippen molar-refractivity contribution in [1.29, 1.82) is 0 Å². The highest BCUT2D eigenvalue weighted by atomic mass is 32.2. The first kappa shape index (κ1) is 20.3. The van der Waals surface area contributed by atoms with E-state index in [1.165, 1.54) is 21.6 Å². The molecular formula is C21H20N2O3S2. The topological polar surface area (TPSA) is 60.9 Å². The molecule has 0 aromatic heterocycles. The van der Waals surface area contributed by atoms with Gasteiger partial charge in [-0.2, -0.15) is 0 Å². The van der Waals surface area contributed by atoms with Gasteiger partial charge in [0.25, 0.3) is 5.91 Å². The fraction of sp³-hybridized carbons (Fsp3) is 0.190. The van der Waals surface area contributed by atoms with Crippen molar-refractivity contribution in [2.75, 3.05) is 24.6 Å². The zero-order valence-corrected chi connectivity index (χ0v) is 17.0. The van der Waals surface area contributed by atoms with Gasteiger partial charge in [-0.05, 0) is 30.7 Å². The van der Waals surface area contributed by atoms with Crippen LogP contribution in [-0.2, 0) is 9.59 Å². The lowest BCUT2D eigenvalue weighted by Gasteiger charge is -2.24. The molecule has 0 radical (unpaired) electrons. The van der Waals surface area contributed by atoms with E-state index in [2.05, 4.69) is 0 Å². The standard InChI is InChI=1S/C21H20N2O3S2/c1-15-7-9-16(10-8-15)13-18-20(26)23(21(27)28-18)14-19(25)22(11-12-24)17-5-3-2-4-6-17/h2-10,13,24H,11-12,14H2,1H3/b18-13-. The largest absolute Gasteiger partial charge is 0.395 e. The number of thiocarbonyl (C=S) groups is 1. The molecule has 0 aliphatic carbocycles. The SMILES string of the molecule is Cc1ccc(/C=C2\SC(=S)N(CC(=O)N(CCO)c3ccccc3)C2=O)cc1. The summed E-state index contributed by atoms with van der Waals surface area (Å²) in [4.78, 5) is 28.9. The molecule has 7 heteroatoms. The lowest BCUT2D eigenvalue weighted by Crippen LogP contribution is -2.43. The number of amides is 2. The Kier molecular flexibility index (Phi) is 6.61. The molecule has 1 aliphatic rings. The zero-order chi connectivity index (χ0) is 20.1. The van der Waals surface area contributed by atoms with Gasteiger partial charge in [0.2, 0.25) is 5.91 Å². The first-order valence-corrected chi connectivity index (χ1v) is 10.0.